The van der Waals surface area contributed by atoms with E-state index in [1.165, 1.54) is 11.1 Å². The number of sulfonamides is 1. The number of fused-ring (bicyclic) bond motifs is 1. The molecule has 0 fully saturated rings. The Bertz CT molecular complexity index is 582. The van der Waals surface area contributed by atoms with Gasteiger partial charge >= 0.3 is 0 Å². The van der Waals surface area contributed by atoms with E-state index in [-0.39, 0.29) is 11.4 Å². The van der Waals surface area contributed by atoms with Crippen LogP contribution >= 0.6 is 0 Å². The number of hydrogen-bond acceptors (Lipinski definition) is 4. The van der Waals surface area contributed by atoms with Crippen molar-refractivity contribution in [1.29, 1.82) is 0 Å². The maximum absolute atomic E-state index is 10.8. The summed E-state index contributed by atoms with van der Waals surface area (Å²) in [5, 5.41) is 8.17. The summed E-state index contributed by atoms with van der Waals surface area (Å²) in [5.41, 5.74) is 2.30. The van der Waals surface area contributed by atoms with Gasteiger partial charge in [0.2, 0.25) is 10.0 Å². The van der Waals surface area contributed by atoms with Crippen molar-refractivity contribution >= 4 is 10.0 Å². The summed E-state index contributed by atoms with van der Waals surface area (Å²) >= 11 is 0. The molecule has 0 bridgehead atoms. The Morgan fingerprint density at radius 3 is 2.85 bits per heavy atom. The zero-order valence-electron chi connectivity index (χ0n) is 12.0. The van der Waals surface area contributed by atoms with E-state index in [4.69, 9.17) is 9.88 Å². The van der Waals surface area contributed by atoms with Gasteiger partial charge in [-0.2, -0.15) is 0 Å². The van der Waals surface area contributed by atoms with E-state index in [0.717, 1.165) is 18.7 Å². The normalized spacial score (nSPS) is 16.8. The van der Waals surface area contributed by atoms with E-state index in [9.17, 15) is 8.42 Å². The van der Waals surface area contributed by atoms with E-state index in [0.29, 0.717) is 13.0 Å². The first-order valence-electron chi connectivity index (χ1n) is 6.77. The molecular weight excluding hydrogens is 276 g/mol. The first-order valence-corrected chi connectivity index (χ1v) is 8.49. The molecule has 112 valence electrons. The number of nitrogens with two attached hydrogens (primary N) is 1. The Labute approximate surface area is 120 Å². The van der Waals surface area contributed by atoms with Crippen LogP contribution in [0, 0.1) is 0 Å². The second kappa shape index (κ2) is 5.71. The summed E-state index contributed by atoms with van der Waals surface area (Å²) < 4.78 is 27.4. The van der Waals surface area contributed by atoms with Crippen LogP contribution in [0.5, 0.6) is 5.75 Å². The number of nitrogens with one attached hydrogen (secondary N) is 1. The molecule has 3 N–H and O–H groups in total. The summed E-state index contributed by atoms with van der Waals surface area (Å²) in [6.45, 7) is 5.52. The third kappa shape index (κ3) is 4.47. The predicted octanol–water partition coefficient (Wildman–Crippen LogP) is 1.17. The van der Waals surface area contributed by atoms with Crippen LogP contribution in [0.3, 0.4) is 0 Å². The minimum Gasteiger partial charge on any atom is -0.487 e. The average molecular weight is 298 g/mol. The van der Waals surface area contributed by atoms with Crippen LogP contribution in [0.25, 0.3) is 0 Å². The molecule has 6 heteroatoms. The summed E-state index contributed by atoms with van der Waals surface area (Å²) in [4.78, 5) is 0. The highest BCUT2D eigenvalue weighted by Crippen LogP contribution is 2.35. The highest BCUT2D eigenvalue weighted by molar-refractivity contribution is 7.89. The van der Waals surface area contributed by atoms with Crippen LogP contribution in [0.15, 0.2) is 18.2 Å². The molecule has 0 atom stereocenters. The lowest BCUT2D eigenvalue weighted by Gasteiger charge is -2.16. The molecule has 5 nitrogen and oxygen atoms in total. The molecule has 1 aromatic rings. The lowest BCUT2D eigenvalue weighted by molar-refractivity contribution is 0.138. The van der Waals surface area contributed by atoms with Crippen molar-refractivity contribution in [2.75, 3.05) is 12.3 Å². The fourth-order valence-corrected chi connectivity index (χ4v) is 2.95. The van der Waals surface area contributed by atoms with Gasteiger partial charge in [0.05, 0.1) is 5.75 Å². The van der Waals surface area contributed by atoms with Crippen molar-refractivity contribution < 1.29 is 13.2 Å². The van der Waals surface area contributed by atoms with Crippen LogP contribution in [0.1, 0.15) is 31.4 Å². The van der Waals surface area contributed by atoms with E-state index >= 15 is 0 Å². The standard InChI is InChI=1S/C14H22N2O3S/c1-14(2)9-12-8-11(4-5-13(12)19-14)10-16-6-3-7-20(15,17)18/h4-5,8,16H,3,6-7,9-10H2,1-2H3,(H2,15,17,18). The molecule has 1 aliphatic rings. The summed E-state index contributed by atoms with van der Waals surface area (Å²) in [7, 11) is -3.35. The third-order valence-electron chi connectivity index (χ3n) is 3.24. The van der Waals surface area contributed by atoms with Gasteiger partial charge in [-0.15, -0.1) is 0 Å². The predicted molar refractivity (Wildman–Crippen MR) is 79.2 cm³/mol. The Morgan fingerprint density at radius 2 is 2.15 bits per heavy atom. The van der Waals surface area contributed by atoms with Gasteiger partial charge in [0.15, 0.2) is 0 Å². The molecule has 0 saturated heterocycles. The molecular formula is C14H22N2O3S. The van der Waals surface area contributed by atoms with Crippen molar-refractivity contribution in [3.05, 3.63) is 29.3 Å². The zero-order valence-corrected chi connectivity index (χ0v) is 12.8. The highest BCUT2D eigenvalue weighted by Gasteiger charge is 2.29. The number of primary sulfonamides is 1. The monoisotopic (exact) mass is 298 g/mol. The average Bonchev–Trinajstić information content (AvgIpc) is 2.60. The van der Waals surface area contributed by atoms with Crippen molar-refractivity contribution in [2.24, 2.45) is 5.14 Å². The highest BCUT2D eigenvalue weighted by atomic mass is 32.2. The molecule has 0 unspecified atom stereocenters. The van der Waals surface area contributed by atoms with Crippen molar-refractivity contribution in [3.63, 3.8) is 0 Å². The van der Waals surface area contributed by atoms with E-state index < -0.39 is 10.0 Å². The van der Waals surface area contributed by atoms with E-state index in [1.807, 2.05) is 12.1 Å². The van der Waals surface area contributed by atoms with Crippen molar-refractivity contribution in [3.8, 4) is 5.75 Å². The maximum Gasteiger partial charge on any atom is 0.209 e. The SMILES string of the molecule is CC1(C)Cc2cc(CNCCCS(N)(=O)=O)ccc2O1. The number of rotatable bonds is 6. The molecule has 0 aliphatic carbocycles. The molecule has 0 aromatic heterocycles. The Morgan fingerprint density at radius 1 is 1.40 bits per heavy atom. The van der Waals surface area contributed by atoms with E-state index in [2.05, 4.69) is 25.2 Å². The first-order chi connectivity index (χ1) is 9.25. The molecule has 1 aliphatic heterocycles. The minimum atomic E-state index is -3.35. The van der Waals surface area contributed by atoms with Gasteiger partial charge in [-0.1, -0.05) is 12.1 Å². The van der Waals surface area contributed by atoms with Crippen LogP contribution in [0.2, 0.25) is 0 Å². The molecule has 0 amide bonds. The largest absolute Gasteiger partial charge is 0.487 e. The third-order valence-corrected chi connectivity index (χ3v) is 4.10. The van der Waals surface area contributed by atoms with Crippen molar-refractivity contribution in [1.82, 2.24) is 5.32 Å². The molecule has 0 saturated carbocycles. The molecule has 0 spiro atoms. The topological polar surface area (TPSA) is 81.4 Å². The number of hydrogen-bond donors (Lipinski definition) is 2. The second-order valence-electron chi connectivity index (χ2n) is 5.88. The second-order valence-corrected chi connectivity index (χ2v) is 7.61. The van der Waals surface area contributed by atoms with Crippen molar-refractivity contribution in [2.45, 2.75) is 38.8 Å². The fourth-order valence-electron chi connectivity index (χ4n) is 2.40. The summed E-state index contributed by atoms with van der Waals surface area (Å²) in [6.07, 6.45) is 1.45. The van der Waals surface area contributed by atoms with Crippen LogP contribution < -0.4 is 15.2 Å². The van der Waals surface area contributed by atoms with E-state index in [1.54, 1.807) is 0 Å². The minimum absolute atomic E-state index is 0.0201. The Kier molecular flexibility index (Phi) is 4.36. The van der Waals surface area contributed by atoms with Gasteiger partial charge < -0.3 is 10.1 Å². The van der Waals surface area contributed by atoms with Gasteiger partial charge in [-0.05, 0) is 44.0 Å². The molecule has 20 heavy (non-hydrogen) atoms. The molecule has 1 heterocycles. The molecule has 0 radical (unpaired) electrons. The summed E-state index contributed by atoms with van der Waals surface area (Å²) in [6, 6.07) is 6.19. The Balaban J connectivity index is 1.81. The quantitative estimate of drug-likeness (QED) is 0.772. The number of benzene rings is 1. The van der Waals surface area contributed by atoms with Crippen LogP contribution in [-0.2, 0) is 23.0 Å². The molecule has 1 aromatic carbocycles. The Hall–Kier alpha value is -1.11. The first kappa shape index (κ1) is 15.3. The van der Waals surface area contributed by atoms with Gasteiger partial charge in [0, 0.05) is 13.0 Å². The zero-order chi connectivity index (χ0) is 14.8. The van der Waals surface area contributed by atoms with Crippen LogP contribution in [0.4, 0.5) is 0 Å². The summed E-state index contributed by atoms with van der Waals surface area (Å²) in [5.74, 6) is 0.986. The maximum atomic E-state index is 10.8. The lowest BCUT2D eigenvalue weighted by Crippen LogP contribution is -2.24. The van der Waals surface area contributed by atoms with Gasteiger partial charge in [0.25, 0.3) is 0 Å². The van der Waals surface area contributed by atoms with Crippen LogP contribution in [-0.4, -0.2) is 26.3 Å². The van der Waals surface area contributed by atoms with Gasteiger partial charge in [0.1, 0.15) is 11.4 Å². The van der Waals surface area contributed by atoms with Gasteiger partial charge in [-0.25, -0.2) is 13.6 Å². The van der Waals surface area contributed by atoms with Gasteiger partial charge in [-0.3, -0.25) is 0 Å². The fraction of sp³-hybridized carbons (Fsp3) is 0.571. The smallest absolute Gasteiger partial charge is 0.209 e. The molecule has 2 rings (SSSR count). The number of ether oxygens (including phenoxy) is 1. The lowest BCUT2D eigenvalue weighted by atomic mass is 10.0.